The van der Waals surface area contributed by atoms with E-state index < -0.39 is 0 Å². The van der Waals surface area contributed by atoms with Crippen LogP contribution in [0.5, 0.6) is 17.4 Å². The van der Waals surface area contributed by atoms with Crippen LogP contribution in [0.25, 0.3) is 5.82 Å². The maximum absolute atomic E-state index is 6.23. The van der Waals surface area contributed by atoms with Crippen molar-refractivity contribution < 1.29 is 9.47 Å². The maximum Gasteiger partial charge on any atom is 0.277 e. The lowest BCUT2D eigenvalue weighted by Crippen LogP contribution is -2.04. The van der Waals surface area contributed by atoms with E-state index in [1.165, 1.54) is 12.8 Å². The molecule has 140 valence electrons. The first-order chi connectivity index (χ1) is 13.1. The molecule has 1 saturated carbocycles. The molecule has 0 N–H and O–H groups in total. The average molecular weight is 405 g/mol. The van der Waals surface area contributed by atoms with E-state index in [9.17, 15) is 0 Å². The van der Waals surface area contributed by atoms with Crippen molar-refractivity contribution in [2.45, 2.75) is 32.6 Å². The van der Waals surface area contributed by atoms with Gasteiger partial charge in [-0.15, -0.1) is 10.2 Å². The summed E-state index contributed by atoms with van der Waals surface area (Å²) in [6.07, 6.45) is 2.36. The zero-order valence-corrected chi connectivity index (χ0v) is 16.5. The summed E-state index contributed by atoms with van der Waals surface area (Å²) in [6, 6.07) is 8.94. The Hall–Kier alpha value is -2.31. The normalized spacial score (nSPS) is 13.6. The second-order valence-electron chi connectivity index (χ2n) is 6.33. The SMILES string of the molecule is CCOc1nn(-c2ccc(C3CC3)nn2)c(C)c1Oc1cc(Cl)ccc1Cl. The first-order valence-corrected chi connectivity index (χ1v) is 9.51. The monoisotopic (exact) mass is 404 g/mol. The number of hydrogen-bond acceptors (Lipinski definition) is 5. The van der Waals surface area contributed by atoms with E-state index in [2.05, 4.69) is 15.3 Å². The molecule has 0 bridgehead atoms. The highest BCUT2D eigenvalue weighted by molar-refractivity contribution is 6.34. The fourth-order valence-corrected chi connectivity index (χ4v) is 3.06. The van der Waals surface area contributed by atoms with Gasteiger partial charge in [0.1, 0.15) is 5.75 Å². The summed E-state index contributed by atoms with van der Waals surface area (Å²) in [6.45, 7) is 4.21. The Bertz CT molecular complexity index is 969. The minimum Gasteiger partial charge on any atom is -0.474 e. The van der Waals surface area contributed by atoms with Crippen LogP contribution in [0.2, 0.25) is 10.0 Å². The Kier molecular flexibility index (Phi) is 4.93. The molecule has 1 aliphatic carbocycles. The molecule has 0 spiro atoms. The van der Waals surface area contributed by atoms with Crippen molar-refractivity contribution in [2.75, 3.05) is 6.61 Å². The first-order valence-electron chi connectivity index (χ1n) is 8.76. The number of halogens is 2. The molecule has 3 aromatic rings. The van der Waals surface area contributed by atoms with Gasteiger partial charge in [-0.1, -0.05) is 23.2 Å². The summed E-state index contributed by atoms with van der Waals surface area (Å²) in [5.74, 6) is 2.41. The van der Waals surface area contributed by atoms with Gasteiger partial charge in [0.05, 0.1) is 23.0 Å². The Morgan fingerprint density at radius 1 is 1.15 bits per heavy atom. The number of benzene rings is 1. The van der Waals surface area contributed by atoms with Crippen LogP contribution in [0.1, 0.15) is 37.1 Å². The lowest BCUT2D eigenvalue weighted by molar-refractivity contribution is 0.308. The molecule has 27 heavy (non-hydrogen) atoms. The molecule has 0 amide bonds. The topological polar surface area (TPSA) is 62.1 Å². The van der Waals surface area contributed by atoms with Crippen molar-refractivity contribution in [2.24, 2.45) is 0 Å². The molecule has 2 heterocycles. The van der Waals surface area contributed by atoms with Gasteiger partial charge in [-0.25, -0.2) is 4.68 Å². The molecule has 1 aliphatic rings. The van der Waals surface area contributed by atoms with Gasteiger partial charge in [-0.05, 0) is 51.0 Å². The largest absolute Gasteiger partial charge is 0.474 e. The van der Waals surface area contributed by atoms with Crippen LogP contribution in [0.15, 0.2) is 30.3 Å². The van der Waals surface area contributed by atoms with Crippen LogP contribution in [0.3, 0.4) is 0 Å². The highest BCUT2D eigenvalue weighted by Gasteiger charge is 2.26. The van der Waals surface area contributed by atoms with Crippen molar-refractivity contribution >= 4 is 23.2 Å². The smallest absolute Gasteiger partial charge is 0.277 e. The molecule has 0 aliphatic heterocycles. The third kappa shape index (κ3) is 3.73. The minimum absolute atomic E-state index is 0.360. The van der Waals surface area contributed by atoms with Crippen molar-refractivity contribution in [3.8, 4) is 23.2 Å². The molecule has 6 nitrogen and oxygen atoms in total. The van der Waals surface area contributed by atoms with E-state index in [4.69, 9.17) is 32.7 Å². The van der Waals surface area contributed by atoms with Crippen molar-refractivity contribution in [3.05, 3.63) is 51.8 Å². The zero-order valence-electron chi connectivity index (χ0n) is 14.9. The molecule has 0 unspecified atom stereocenters. The minimum atomic E-state index is 0.360. The van der Waals surface area contributed by atoms with Crippen LogP contribution >= 0.6 is 23.2 Å². The molecular formula is C19H18Cl2N4O2. The first kappa shape index (κ1) is 18.1. The van der Waals surface area contributed by atoms with E-state index in [1.54, 1.807) is 22.9 Å². The second-order valence-corrected chi connectivity index (χ2v) is 7.18. The Balaban J connectivity index is 1.71. The molecule has 1 aromatic carbocycles. The van der Waals surface area contributed by atoms with Crippen molar-refractivity contribution in [3.63, 3.8) is 0 Å². The van der Waals surface area contributed by atoms with Gasteiger partial charge < -0.3 is 9.47 Å². The van der Waals surface area contributed by atoms with Crippen LogP contribution in [0, 0.1) is 6.92 Å². The lowest BCUT2D eigenvalue weighted by Gasteiger charge is -2.09. The van der Waals surface area contributed by atoms with Crippen LogP contribution in [0.4, 0.5) is 0 Å². The predicted octanol–water partition coefficient (Wildman–Crippen LogP) is 5.35. The van der Waals surface area contributed by atoms with Gasteiger partial charge in [0.15, 0.2) is 5.82 Å². The van der Waals surface area contributed by atoms with Crippen LogP contribution < -0.4 is 9.47 Å². The maximum atomic E-state index is 6.23. The Morgan fingerprint density at radius 2 is 1.96 bits per heavy atom. The highest BCUT2D eigenvalue weighted by Crippen LogP contribution is 2.40. The van der Waals surface area contributed by atoms with Crippen molar-refractivity contribution in [1.82, 2.24) is 20.0 Å². The summed E-state index contributed by atoms with van der Waals surface area (Å²) in [7, 11) is 0. The average Bonchev–Trinajstić information content (AvgIpc) is 3.47. The molecule has 1 fully saturated rings. The number of hydrogen-bond donors (Lipinski definition) is 0. The standard InChI is InChI=1S/C19H18Cl2N4O2/c1-3-26-19-18(27-16-10-13(20)6-7-14(16)21)11(2)25(24-19)17-9-8-15(22-23-17)12-4-5-12/h6-10,12H,3-5H2,1-2H3. The molecule has 0 saturated heterocycles. The summed E-state index contributed by atoms with van der Waals surface area (Å²) >= 11 is 12.3. The van der Waals surface area contributed by atoms with Gasteiger partial charge in [0.25, 0.3) is 5.88 Å². The van der Waals surface area contributed by atoms with Gasteiger partial charge in [-0.2, -0.15) is 5.10 Å². The number of rotatable bonds is 6. The summed E-state index contributed by atoms with van der Waals surface area (Å²) in [5.41, 5.74) is 1.75. The molecular weight excluding hydrogens is 387 g/mol. The Labute approximate surface area is 167 Å². The summed E-state index contributed by atoms with van der Waals surface area (Å²) < 4.78 is 13.3. The van der Waals surface area contributed by atoms with E-state index in [-0.39, 0.29) is 0 Å². The van der Waals surface area contributed by atoms with Crippen LogP contribution in [-0.2, 0) is 0 Å². The molecule has 4 rings (SSSR count). The zero-order chi connectivity index (χ0) is 19.0. The fourth-order valence-electron chi connectivity index (χ4n) is 2.74. The fraction of sp³-hybridized carbons (Fsp3) is 0.316. The molecule has 2 aromatic heterocycles. The number of aromatic nitrogens is 4. The van der Waals surface area contributed by atoms with Gasteiger partial charge >= 0.3 is 0 Å². The van der Waals surface area contributed by atoms with E-state index >= 15 is 0 Å². The predicted molar refractivity (Wildman–Crippen MR) is 104 cm³/mol. The third-order valence-corrected chi connectivity index (χ3v) is 4.85. The second kappa shape index (κ2) is 7.37. The third-order valence-electron chi connectivity index (χ3n) is 4.30. The highest BCUT2D eigenvalue weighted by atomic mass is 35.5. The number of ether oxygens (including phenoxy) is 2. The van der Waals surface area contributed by atoms with E-state index in [1.807, 2.05) is 26.0 Å². The van der Waals surface area contributed by atoms with Crippen LogP contribution in [-0.4, -0.2) is 26.6 Å². The summed E-state index contributed by atoms with van der Waals surface area (Å²) in [4.78, 5) is 0. The molecule has 8 heteroatoms. The number of nitrogens with zero attached hydrogens (tertiary/aromatic N) is 4. The summed E-state index contributed by atoms with van der Waals surface area (Å²) in [5, 5.41) is 14.1. The molecule has 0 radical (unpaired) electrons. The van der Waals surface area contributed by atoms with Gasteiger partial charge in [-0.3, -0.25) is 0 Å². The Morgan fingerprint density at radius 3 is 2.63 bits per heavy atom. The van der Waals surface area contributed by atoms with Gasteiger partial charge in [0.2, 0.25) is 5.75 Å². The lowest BCUT2D eigenvalue weighted by atomic mass is 10.3. The van der Waals surface area contributed by atoms with E-state index in [0.717, 1.165) is 11.4 Å². The van der Waals surface area contributed by atoms with Crippen molar-refractivity contribution in [1.29, 1.82) is 0 Å². The van der Waals surface area contributed by atoms with E-state index in [0.29, 0.717) is 45.8 Å². The quantitative estimate of drug-likeness (QED) is 0.554. The molecule has 0 atom stereocenters. The van der Waals surface area contributed by atoms with Gasteiger partial charge in [0, 0.05) is 17.0 Å².